The fourth-order valence-corrected chi connectivity index (χ4v) is 2.67. The van der Waals surface area contributed by atoms with Gasteiger partial charge in [0, 0.05) is 18.2 Å². The number of halogens is 2. The lowest BCUT2D eigenvalue weighted by Crippen LogP contribution is -2.37. The smallest absolute Gasteiger partial charge is 0.307 e. The number of nitrogens with zero attached hydrogens (tertiary/aromatic N) is 1. The van der Waals surface area contributed by atoms with Crippen molar-refractivity contribution in [3.63, 3.8) is 0 Å². The normalized spacial score (nSPS) is 22.6. The van der Waals surface area contributed by atoms with Gasteiger partial charge in [-0.1, -0.05) is 12.8 Å². The molecule has 1 fully saturated rings. The fourth-order valence-electron chi connectivity index (χ4n) is 2.67. The zero-order valence-corrected chi connectivity index (χ0v) is 10.9. The summed E-state index contributed by atoms with van der Waals surface area (Å²) in [6.07, 6.45) is 3.84. The first-order valence-electron chi connectivity index (χ1n) is 6.63. The van der Waals surface area contributed by atoms with Crippen molar-refractivity contribution >= 4 is 11.4 Å². The summed E-state index contributed by atoms with van der Waals surface area (Å²) in [5.41, 5.74) is 4.92. The molecule has 5 nitrogen and oxygen atoms in total. The van der Waals surface area contributed by atoms with E-state index in [0.717, 1.165) is 31.7 Å². The molecular weight excluding hydrogens is 268 g/mol. The first-order valence-corrected chi connectivity index (χ1v) is 6.63. The molecule has 0 bridgehead atoms. The van der Waals surface area contributed by atoms with Gasteiger partial charge in [-0.2, -0.15) is 4.39 Å². The van der Waals surface area contributed by atoms with Crippen molar-refractivity contribution in [2.45, 2.75) is 31.7 Å². The van der Waals surface area contributed by atoms with Crippen molar-refractivity contribution in [3.8, 4) is 0 Å². The highest BCUT2D eigenvalue weighted by atomic mass is 19.1. The standard InChI is InChI=1S/C13H17F2N3O2/c14-9-5-10(15)13(18(19)20)6-12(9)17-11-4-2-1-3-8(11)7-16/h5-6,8,11,17H,1-4,7,16H2. The molecular formula is C13H17F2N3O2. The number of anilines is 1. The Bertz CT molecular complexity index is 511. The van der Waals surface area contributed by atoms with Crippen LogP contribution in [-0.2, 0) is 0 Å². The lowest BCUT2D eigenvalue weighted by molar-refractivity contribution is -0.387. The third-order valence-corrected chi connectivity index (χ3v) is 3.79. The van der Waals surface area contributed by atoms with Crippen LogP contribution >= 0.6 is 0 Å². The Balaban J connectivity index is 2.23. The van der Waals surface area contributed by atoms with E-state index in [9.17, 15) is 18.9 Å². The van der Waals surface area contributed by atoms with Crippen LogP contribution in [0.3, 0.4) is 0 Å². The van der Waals surface area contributed by atoms with E-state index in [2.05, 4.69) is 5.32 Å². The van der Waals surface area contributed by atoms with Gasteiger partial charge in [-0.25, -0.2) is 4.39 Å². The zero-order chi connectivity index (χ0) is 14.7. The maximum absolute atomic E-state index is 13.7. The topological polar surface area (TPSA) is 81.2 Å². The number of nitro groups is 1. The van der Waals surface area contributed by atoms with Gasteiger partial charge in [-0.05, 0) is 25.3 Å². The number of hydrogen-bond donors (Lipinski definition) is 2. The minimum Gasteiger partial charge on any atom is -0.379 e. The largest absolute Gasteiger partial charge is 0.379 e. The molecule has 1 aliphatic rings. The molecule has 1 aromatic carbocycles. The fraction of sp³-hybridized carbons (Fsp3) is 0.538. The molecule has 110 valence electrons. The molecule has 2 rings (SSSR count). The molecule has 0 amide bonds. The molecule has 0 heterocycles. The van der Waals surface area contributed by atoms with Crippen LogP contribution in [0.4, 0.5) is 20.2 Å². The van der Waals surface area contributed by atoms with E-state index in [4.69, 9.17) is 5.73 Å². The summed E-state index contributed by atoms with van der Waals surface area (Å²) in [4.78, 5) is 9.83. The van der Waals surface area contributed by atoms with Crippen molar-refractivity contribution in [2.24, 2.45) is 11.7 Å². The highest BCUT2D eigenvalue weighted by molar-refractivity contribution is 5.53. The second-order valence-corrected chi connectivity index (χ2v) is 5.07. The van der Waals surface area contributed by atoms with E-state index < -0.39 is 22.2 Å². The van der Waals surface area contributed by atoms with Gasteiger partial charge in [0.1, 0.15) is 5.82 Å². The highest BCUT2D eigenvalue weighted by Crippen LogP contribution is 2.30. The minimum absolute atomic E-state index is 0.0340. The first-order chi connectivity index (χ1) is 9.52. The summed E-state index contributed by atoms with van der Waals surface area (Å²) < 4.78 is 27.0. The Morgan fingerprint density at radius 2 is 2.00 bits per heavy atom. The molecule has 1 saturated carbocycles. The van der Waals surface area contributed by atoms with Crippen molar-refractivity contribution in [3.05, 3.63) is 33.9 Å². The summed E-state index contributed by atoms with van der Waals surface area (Å²) in [6, 6.07) is 1.42. The summed E-state index contributed by atoms with van der Waals surface area (Å²) in [5.74, 6) is -1.79. The van der Waals surface area contributed by atoms with Gasteiger partial charge >= 0.3 is 5.69 Å². The van der Waals surface area contributed by atoms with Crippen LogP contribution in [0.5, 0.6) is 0 Å². The molecule has 1 aromatic rings. The van der Waals surface area contributed by atoms with E-state index in [1.807, 2.05) is 0 Å². The van der Waals surface area contributed by atoms with Gasteiger partial charge in [0.2, 0.25) is 5.82 Å². The van der Waals surface area contributed by atoms with Gasteiger partial charge < -0.3 is 11.1 Å². The van der Waals surface area contributed by atoms with Crippen LogP contribution in [0.25, 0.3) is 0 Å². The van der Waals surface area contributed by atoms with Gasteiger partial charge in [0.25, 0.3) is 0 Å². The SMILES string of the molecule is NCC1CCCCC1Nc1cc([N+](=O)[O-])c(F)cc1F. The summed E-state index contributed by atoms with van der Waals surface area (Å²) >= 11 is 0. The van der Waals surface area contributed by atoms with Crippen molar-refractivity contribution in [1.82, 2.24) is 0 Å². The first kappa shape index (κ1) is 14.6. The van der Waals surface area contributed by atoms with E-state index in [1.54, 1.807) is 0 Å². The summed E-state index contributed by atoms with van der Waals surface area (Å²) in [7, 11) is 0. The highest BCUT2D eigenvalue weighted by Gasteiger charge is 2.26. The van der Waals surface area contributed by atoms with E-state index >= 15 is 0 Å². The Morgan fingerprint density at radius 1 is 1.30 bits per heavy atom. The van der Waals surface area contributed by atoms with Gasteiger partial charge in [0.15, 0.2) is 0 Å². The van der Waals surface area contributed by atoms with E-state index in [1.165, 1.54) is 0 Å². The molecule has 3 N–H and O–H groups in total. The van der Waals surface area contributed by atoms with Crippen LogP contribution < -0.4 is 11.1 Å². The number of nitro benzene ring substituents is 1. The minimum atomic E-state index is -1.17. The Hall–Kier alpha value is -1.76. The van der Waals surface area contributed by atoms with E-state index in [0.29, 0.717) is 12.6 Å². The third-order valence-electron chi connectivity index (χ3n) is 3.79. The predicted octanol–water partition coefficient (Wildman–Crippen LogP) is 2.80. The zero-order valence-electron chi connectivity index (χ0n) is 10.9. The second-order valence-electron chi connectivity index (χ2n) is 5.07. The molecule has 0 aliphatic heterocycles. The monoisotopic (exact) mass is 285 g/mol. The molecule has 0 spiro atoms. The van der Waals surface area contributed by atoms with Crippen LogP contribution in [0, 0.1) is 27.7 Å². The average Bonchev–Trinajstić information content (AvgIpc) is 2.42. The lowest BCUT2D eigenvalue weighted by atomic mass is 9.84. The second kappa shape index (κ2) is 6.13. The average molecular weight is 285 g/mol. The number of nitrogens with one attached hydrogen (secondary N) is 1. The molecule has 20 heavy (non-hydrogen) atoms. The number of nitrogens with two attached hydrogens (primary N) is 1. The summed E-state index contributed by atoms with van der Waals surface area (Å²) in [6.45, 7) is 0.475. The lowest BCUT2D eigenvalue weighted by Gasteiger charge is -2.32. The van der Waals surface area contributed by atoms with Crippen molar-refractivity contribution < 1.29 is 13.7 Å². The maximum atomic E-state index is 13.7. The van der Waals surface area contributed by atoms with Crippen LogP contribution in [0.15, 0.2) is 12.1 Å². The molecule has 2 atom stereocenters. The Kier molecular flexibility index (Phi) is 4.49. The van der Waals surface area contributed by atoms with Gasteiger partial charge in [-0.3, -0.25) is 10.1 Å². The molecule has 0 saturated heterocycles. The Labute approximate surface area is 115 Å². The molecule has 2 unspecified atom stereocenters. The van der Waals surface area contributed by atoms with Crippen molar-refractivity contribution in [1.29, 1.82) is 0 Å². The summed E-state index contributed by atoms with van der Waals surface area (Å²) in [5, 5.41) is 13.6. The number of hydrogen-bond acceptors (Lipinski definition) is 4. The molecule has 0 aromatic heterocycles. The molecule has 0 radical (unpaired) electrons. The number of rotatable bonds is 4. The molecule has 7 heteroatoms. The van der Waals surface area contributed by atoms with Crippen molar-refractivity contribution in [2.75, 3.05) is 11.9 Å². The van der Waals surface area contributed by atoms with Crippen LogP contribution in [0.1, 0.15) is 25.7 Å². The van der Waals surface area contributed by atoms with Gasteiger partial charge in [-0.15, -0.1) is 0 Å². The maximum Gasteiger partial charge on any atom is 0.307 e. The Morgan fingerprint density at radius 3 is 2.65 bits per heavy atom. The van der Waals surface area contributed by atoms with Crippen LogP contribution in [0.2, 0.25) is 0 Å². The quantitative estimate of drug-likeness (QED) is 0.658. The van der Waals surface area contributed by atoms with Crippen LogP contribution in [-0.4, -0.2) is 17.5 Å². The van der Waals surface area contributed by atoms with E-state index in [-0.39, 0.29) is 17.6 Å². The predicted molar refractivity (Wildman–Crippen MR) is 71.4 cm³/mol. The third kappa shape index (κ3) is 3.04. The van der Waals surface area contributed by atoms with Gasteiger partial charge in [0.05, 0.1) is 10.6 Å². The molecule has 1 aliphatic carbocycles. The number of benzene rings is 1.